The maximum Gasteiger partial charge on any atom is 0.306 e. The van der Waals surface area contributed by atoms with Crippen LogP contribution in [0.4, 0.5) is 0 Å². The van der Waals surface area contributed by atoms with E-state index in [1.807, 2.05) is 0 Å². The molecule has 0 saturated heterocycles. The Balaban J connectivity index is 4.32. The first kappa shape index (κ1) is 49.4. The molecule has 51 heavy (non-hydrogen) atoms. The summed E-state index contributed by atoms with van der Waals surface area (Å²) in [6, 6.07) is 0. The Kier molecular flexibility index (Phi) is 38.4. The lowest BCUT2D eigenvalue weighted by molar-refractivity contribution is -0.167. The van der Waals surface area contributed by atoms with Crippen LogP contribution in [0.3, 0.4) is 0 Å². The first-order valence-electron chi connectivity index (χ1n) is 22.4. The fraction of sp³-hybridized carbons (Fsp3) is 0.933. The minimum Gasteiger partial charge on any atom is -0.462 e. The molecular weight excluding hydrogens is 636 g/mol. The minimum absolute atomic E-state index is 0.0642. The summed E-state index contributed by atoms with van der Waals surface area (Å²) in [4.78, 5) is 37.6. The van der Waals surface area contributed by atoms with E-state index in [0.717, 1.165) is 63.7 Å². The summed E-state index contributed by atoms with van der Waals surface area (Å²) in [7, 11) is 0. The van der Waals surface area contributed by atoms with E-state index in [2.05, 4.69) is 27.7 Å². The molecule has 0 aliphatic heterocycles. The lowest BCUT2D eigenvalue weighted by Gasteiger charge is -2.18. The van der Waals surface area contributed by atoms with Crippen LogP contribution in [-0.2, 0) is 28.6 Å². The molecule has 0 aromatic carbocycles. The molecule has 0 aromatic heterocycles. The molecule has 0 spiro atoms. The molecule has 6 nitrogen and oxygen atoms in total. The molecule has 0 radical (unpaired) electrons. The lowest BCUT2D eigenvalue weighted by Crippen LogP contribution is -2.30. The summed E-state index contributed by atoms with van der Waals surface area (Å²) >= 11 is 0. The smallest absolute Gasteiger partial charge is 0.306 e. The van der Waals surface area contributed by atoms with Crippen molar-refractivity contribution in [3.05, 3.63) is 0 Å². The Labute approximate surface area is 317 Å². The molecule has 0 rings (SSSR count). The zero-order valence-corrected chi connectivity index (χ0v) is 34.6. The molecule has 0 saturated carbocycles. The predicted octanol–water partition coefficient (Wildman–Crippen LogP) is 13.9. The van der Waals surface area contributed by atoms with Crippen LogP contribution < -0.4 is 0 Å². The second-order valence-corrected chi connectivity index (χ2v) is 15.8. The lowest BCUT2D eigenvalue weighted by atomic mass is 10.0. The van der Waals surface area contributed by atoms with Gasteiger partial charge in [-0.25, -0.2) is 0 Å². The van der Waals surface area contributed by atoms with E-state index in [4.69, 9.17) is 14.2 Å². The number of unbranched alkanes of at least 4 members (excludes halogenated alkanes) is 27. The average Bonchev–Trinajstić information content (AvgIpc) is 3.11. The van der Waals surface area contributed by atoms with E-state index >= 15 is 0 Å². The fourth-order valence-electron chi connectivity index (χ4n) is 6.63. The standard InChI is InChI=1S/C45H86O6/c1-5-7-9-11-13-15-16-17-21-25-29-33-37-44(47)50-40-42(39-49-43(46)36-32-28-24-19-14-12-10-8-6-2)51-45(48)38-34-30-26-22-18-20-23-27-31-35-41(3)4/h41-42H,5-40H2,1-4H3/t42-/m0/s1. The molecular formula is C45H86O6. The van der Waals surface area contributed by atoms with E-state index < -0.39 is 6.10 Å². The molecule has 0 fully saturated rings. The molecule has 0 aliphatic rings. The van der Waals surface area contributed by atoms with Crippen LogP contribution in [0.5, 0.6) is 0 Å². The Morgan fingerprint density at radius 3 is 0.961 bits per heavy atom. The number of hydrogen-bond acceptors (Lipinski definition) is 6. The number of carbonyl (C=O) groups is 3. The van der Waals surface area contributed by atoms with Crippen molar-refractivity contribution in [2.75, 3.05) is 13.2 Å². The highest BCUT2D eigenvalue weighted by Crippen LogP contribution is 2.16. The third-order valence-electron chi connectivity index (χ3n) is 10.0. The number of hydrogen-bond donors (Lipinski definition) is 0. The van der Waals surface area contributed by atoms with E-state index in [0.29, 0.717) is 19.3 Å². The van der Waals surface area contributed by atoms with E-state index in [9.17, 15) is 14.4 Å². The third kappa shape index (κ3) is 39.5. The van der Waals surface area contributed by atoms with Crippen LogP contribution in [0.1, 0.15) is 246 Å². The SMILES string of the molecule is CCCCCCCCCCCCCCC(=O)OC[C@H](COC(=O)CCCCCCCCCCC)OC(=O)CCCCCCCCCCCC(C)C. The normalized spacial score (nSPS) is 11.9. The second kappa shape index (κ2) is 39.6. The molecule has 302 valence electrons. The van der Waals surface area contributed by atoms with Gasteiger partial charge in [0.05, 0.1) is 0 Å². The summed E-state index contributed by atoms with van der Waals surface area (Å²) in [5.41, 5.74) is 0. The topological polar surface area (TPSA) is 78.9 Å². The van der Waals surface area contributed by atoms with Crippen molar-refractivity contribution in [2.24, 2.45) is 5.92 Å². The van der Waals surface area contributed by atoms with Crippen LogP contribution >= 0.6 is 0 Å². The van der Waals surface area contributed by atoms with E-state index in [1.54, 1.807) is 0 Å². The van der Waals surface area contributed by atoms with Gasteiger partial charge in [0.2, 0.25) is 0 Å². The van der Waals surface area contributed by atoms with Gasteiger partial charge in [0.1, 0.15) is 13.2 Å². The molecule has 0 N–H and O–H groups in total. The Morgan fingerprint density at radius 1 is 0.373 bits per heavy atom. The molecule has 0 bridgehead atoms. The van der Waals surface area contributed by atoms with Crippen molar-refractivity contribution in [1.29, 1.82) is 0 Å². The first-order valence-corrected chi connectivity index (χ1v) is 22.4. The van der Waals surface area contributed by atoms with Gasteiger partial charge in [0.25, 0.3) is 0 Å². The van der Waals surface area contributed by atoms with Gasteiger partial charge in [0.15, 0.2) is 6.10 Å². The maximum atomic E-state index is 12.7. The quantitative estimate of drug-likeness (QED) is 0.0356. The summed E-state index contributed by atoms with van der Waals surface area (Å²) in [6.45, 7) is 8.95. The molecule has 6 heteroatoms. The van der Waals surface area contributed by atoms with Gasteiger partial charge in [-0.1, -0.05) is 207 Å². The molecule has 1 atom stereocenters. The molecule has 0 amide bonds. The monoisotopic (exact) mass is 723 g/mol. The van der Waals surface area contributed by atoms with Gasteiger partial charge in [-0.3, -0.25) is 14.4 Å². The average molecular weight is 723 g/mol. The van der Waals surface area contributed by atoms with Crippen LogP contribution in [-0.4, -0.2) is 37.2 Å². The molecule has 0 aliphatic carbocycles. The number of carbonyl (C=O) groups excluding carboxylic acids is 3. The number of rotatable bonds is 40. The third-order valence-corrected chi connectivity index (χ3v) is 10.0. The summed E-state index contributed by atoms with van der Waals surface area (Å²) in [6.07, 6.45) is 38.0. The highest BCUT2D eigenvalue weighted by molar-refractivity contribution is 5.71. The van der Waals surface area contributed by atoms with Crippen molar-refractivity contribution in [3.63, 3.8) is 0 Å². The summed E-state index contributed by atoms with van der Waals surface area (Å²) < 4.78 is 16.7. The molecule has 0 heterocycles. The van der Waals surface area contributed by atoms with Crippen molar-refractivity contribution < 1.29 is 28.6 Å². The first-order chi connectivity index (χ1) is 24.9. The Hall–Kier alpha value is -1.59. The van der Waals surface area contributed by atoms with Gasteiger partial charge < -0.3 is 14.2 Å². The maximum absolute atomic E-state index is 12.7. The Bertz CT molecular complexity index is 766. The van der Waals surface area contributed by atoms with Crippen LogP contribution in [0.25, 0.3) is 0 Å². The highest BCUT2D eigenvalue weighted by Gasteiger charge is 2.19. The predicted molar refractivity (Wildman–Crippen MR) is 215 cm³/mol. The minimum atomic E-state index is -0.758. The van der Waals surface area contributed by atoms with Crippen molar-refractivity contribution in [2.45, 2.75) is 252 Å². The van der Waals surface area contributed by atoms with Gasteiger partial charge in [-0.2, -0.15) is 0 Å². The van der Waals surface area contributed by atoms with Crippen LogP contribution in [0.2, 0.25) is 0 Å². The van der Waals surface area contributed by atoms with Gasteiger partial charge in [0, 0.05) is 19.3 Å². The molecule has 0 unspecified atom stereocenters. The van der Waals surface area contributed by atoms with Gasteiger partial charge >= 0.3 is 17.9 Å². The number of ether oxygens (including phenoxy) is 3. The number of esters is 3. The molecule has 0 aromatic rings. The highest BCUT2D eigenvalue weighted by atomic mass is 16.6. The van der Waals surface area contributed by atoms with Gasteiger partial charge in [-0.05, 0) is 25.2 Å². The second-order valence-electron chi connectivity index (χ2n) is 15.8. The van der Waals surface area contributed by atoms with Crippen LogP contribution in [0.15, 0.2) is 0 Å². The van der Waals surface area contributed by atoms with Crippen molar-refractivity contribution in [1.82, 2.24) is 0 Å². The zero-order chi connectivity index (χ0) is 37.5. The Morgan fingerprint density at radius 2 is 0.647 bits per heavy atom. The largest absolute Gasteiger partial charge is 0.462 e. The van der Waals surface area contributed by atoms with Crippen LogP contribution in [0, 0.1) is 5.92 Å². The summed E-state index contributed by atoms with van der Waals surface area (Å²) in [5.74, 6) is -0.0525. The van der Waals surface area contributed by atoms with Gasteiger partial charge in [-0.15, -0.1) is 0 Å². The fourth-order valence-corrected chi connectivity index (χ4v) is 6.63. The van der Waals surface area contributed by atoms with E-state index in [-0.39, 0.29) is 31.1 Å². The summed E-state index contributed by atoms with van der Waals surface area (Å²) in [5, 5.41) is 0. The zero-order valence-electron chi connectivity index (χ0n) is 34.6. The van der Waals surface area contributed by atoms with Crippen molar-refractivity contribution >= 4 is 17.9 Å². The van der Waals surface area contributed by atoms with Crippen molar-refractivity contribution in [3.8, 4) is 0 Å². The van der Waals surface area contributed by atoms with E-state index in [1.165, 1.54) is 141 Å².